The van der Waals surface area contributed by atoms with Crippen molar-refractivity contribution in [1.82, 2.24) is 19.9 Å². The highest BCUT2D eigenvalue weighted by atomic mass is 32.2. The van der Waals surface area contributed by atoms with Gasteiger partial charge in [0, 0.05) is 41.8 Å². The molecule has 0 unspecified atom stereocenters. The van der Waals surface area contributed by atoms with Crippen molar-refractivity contribution in [3.05, 3.63) is 97.8 Å². The number of rotatable bonds is 6. The monoisotopic (exact) mass is 469 g/mol. The minimum Gasteiger partial charge on any atom is -0.479 e. The van der Waals surface area contributed by atoms with E-state index in [1.54, 1.807) is 48.9 Å². The molecule has 0 aliphatic carbocycles. The van der Waals surface area contributed by atoms with Gasteiger partial charge in [0.15, 0.2) is 5.82 Å². The number of benzene rings is 2. The number of sulfonamides is 1. The molecule has 0 fully saturated rings. The van der Waals surface area contributed by atoms with Crippen LogP contribution in [0, 0.1) is 0 Å². The summed E-state index contributed by atoms with van der Waals surface area (Å²) in [6.45, 7) is 0. The van der Waals surface area contributed by atoms with Crippen LogP contribution < -0.4 is 9.04 Å². The van der Waals surface area contributed by atoms with Gasteiger partial charge >= 0.3 is 0 Å². The molecule has 0 saturated heterocycles. The molecular formula is C25H19N5O3S. The fraction of sp³-hybridized carbons (Fsp3) is 0.0400. The van der Waals surface area contributed by atoms with Crippen LogP contribution in [0.15, 0.2) is 103 Å². The Kier molecular flexibility index (Phi) is 5.60. The van der Waals surface area contributed by atoms with E-state index in [1.165, 1.54) is 25.7 Å². The van der Waals surface area contributed by atoms with E-state index in [-0.39, 0.29) is 22.3 Å². The van der Waals surface area contributed by atoms with Crippen LogP contribution in [0.1, 0.15) is 0 Å². The molecule has 3 heterocycles. The van der Waals surface area contributed by atoms with E-state index >= 15 is 0 Å². The number of fused-ring (bicyclic) bond motifs is 1. The quantitative estimate of drug-likeness (QED) is 0.358. The first kappa shape index (κ1) is 21.5. The van der Waals surface area contributed by atoms with Gasteiger partial charge in [-0.3, -0.25) is 4.98 Å². The Labute approximate surface area is 196 Å². The van der Waals surface area contributed by atoms with Crippen molar-refractivity contribution >= 4 is 32.3 Å². The zero-order chi connectivity index (χ0) is 23.5. The summed E-state index contributed by atoms with van der Waals surface area (Å²) in [5.74, 6) is 0.307. The maximum atomic E-state index is 14.1. The molecule has 5 rings (SSSR count). The highest BCUT2D eigenvalue weighted by Gasteiger charge is 2.31. The molecule has 2 aromatic carbocycles. The first-order valence-corrected chi connectivity index (χ1v) is 11.8. The van der Waals surface area contributed by atoms with Gasteiger partial charge < -0.3 is 4.74 Å². The normalized spacial score (nSPS) is 11.3. The second-order valence-corrected chi connectivity index (χ2v) is 9.13. The summed E-state index contributed by atoms with van der Waals surface area (Å²) < 4.78 is 34.7. The Morgan fingerprint density at radius 2 is 1.62 bits per heavy atom. The molecule has 0 aliphatic heterocycles. The SMILES string of the molecule is COc1ncc(-c2ccccc2)cc1N(c1ccncn1)S(=O)(=O)c1ccc2cnccc2c1. The summed E-state index contributed by atoms with van der Waals surface area (Å²) in [6, 6.07) is 19.5. The lowest BCUT2D eigenvalue weighted by molar-refractivity contribution is 0.399. The summed E-state index contributed by atoms with van der Waals surface area (Å²) in [4.78, 5) is 16.8. The molecule has 34 heavy (non-hydrogen) atoms. The van der Waals surface area contributed by atoms with Gasteiger partial charge in [0.25, 0.3) is 10.0 Å². The van der Waals surface area contributed by atoms with Crippen molar-refractivity contribution in [2.24, 2.45) is 0 Å². The minimum absolute atomic E-state index is 0.0944. The topological polar surface area (TPSA) is 98.2 Å². The van der Waals surface area contributed by atoms with E-state index in [0.29, 0.717) is 0 Å². The highest BCUT2D eigenvalue weighted by molar-refractivity contribution is 7.93. The summed E-state index contributed by atoms with van der Waals surface area (Å²) in [5, 5.41) is 1.59. The summed E-state index contributed by atoms with van der Waals surface area (Å²) in [5.41, 5.74) is 1.85. The van der Waals surface area contributed by atoms with Crippen LogP contribution in [0.5, 0.6) is 5.88 Å². The Bertz CT molecular complexity index is 1560. The van der Waals surface area contributed by atoms with Crippen molar-refractivity contribution in [3.8, 4) is 17.0 Å². The number of ether oxygens (including phenoxy) is 1. The molecule has 3 aromatic heterocycles. The summed E-state index contributed by atoms with van der Waals surface area (Å²) >= 11 is 0. The first-order chi connectivity index (χ1) is 16.6. The van der Waals surface area contributed by atoms with E-state index in [0.717, 1.165) is 26.2 Å². The predicted molar refractivity (Wildman–Crippen MR) is 129 cm³/mol. The van der Waals surface area contributed by atoms with Crippen LogP contribution in [0.2, 0.25) is 0 Å². The molecule has 0 saturated carbocycles. The lowest BCUT2D eigenvalue weighted by atomic mass is 10.1. The fourth-order valence-corrected chi connectivity index (χ4v) is 5.11. The van der Waals surface area contributed by atoms with Crippen LogP contribution in [0.25, 0.3) is 21.9 Å². The number of pyridine rings is 2. The zero-order valence-electron chi connectivity index (χ0n) is 18.1. The third-order valence-corrected chi connectivity index (χ3v) is 6.99. The van der Waals surface area contributed by atoms with Crippen molar-refractivity contribution < 1.29 is 13.2 Å². The largest absolute Gasteiger partial charge is 0.479 e. The van der Waals surface area contributed by atoms with Crippen LogP contribution in [0.4, 0.5) is 11.5 Å². The van der Waals surface area contributed by atoms with Gasteiger partial charge in [-0.15, -0.1) is 0 Å². The van der Waals surface area contributed by atoms with Crippen LogP contribution in [-0.2, 0) is 10.0 Å². The van der Waals surface area contributed by atoms with Gasteiger partial charge in [-0.2, -0.15) is 0 Å². The molecule has 8 nitrogen and oxygen atoms in total. The zero-order valence-corrected chi connectivity index (χ0v) is 18.9. The minimum atomic E-state index is -4.13. The number of hydrogen-bond acceptors (Lipinski definition) is 7. The molecule has 0 spiro atoms. The summed E-state index contributed by atoms with van der Waals surface area (Å²) in [7, 11) is -2.68. The lowest BCUT2D eigenvalue weighted by Crippen LogP contribution is -2.28. The molecule has 0 amide bonds. The molecule has 5 aromatic rings. The van der Waals surface area contributed by atoms with E-state index in [9.17, 15) is 8.42 Å². The molecule has 0 bridgehead atoms. The van der Waals surface area contributed by atoms with Gasteiger partial charge in [0.05, 0.1) is 12.0 Å². The van der Waals surface area contributed by atoms with Crippen molar-refractivity contribution in [2.75, 3.05) is 11.4 Å². The Morgan fingerprint density at radius 1 is 0.794 bits per heavy atom. The number of aromatic nitrogens is 4. The summed E-state index contributed by atoms with van der Waals surface area (Å²) in [6.07, 6.45) is 7.73. The second kappa shape index (κ2) is 8.87. The predicted octanol–water partition coefficient (Wildman–Crippen LogP) is 4.62. The molecule has 0 radical (unpaired) electrons. The third-order valence-electron chi connectivity index (χ3n) is 5.28. The van der Waals surface area contributed by atoms with Gasteiger partial charge in [0.1, 0.15) is 12.0 Å². The molecule has 168 valence electrons. The molecule has 9 heteroatoms. The van der Waals surface area contributed by atoms with E-state index in [1.807, 2.05) is 30.3 Å². The van der Waals surface area contributed by atoms with Gasteiger partial charge in [0.2, 0.25) is 5.88 Å². The van der Waals surface area contributed by atoms with Gasteiger partial charge in [-0.25, -0.2) is 27.7 Å². The maximum Gasteiger partial charge on any atom is 0.270 e. The smallest absolute Gasteiger partial charge is 0.270 e. The van der Waals surface area contributed by atoms with Gasteiger partial charge in [-0.1, -0.05) is 36.4 Å². The highest BCUT2D eigenvalue weighted by Crippen LogP contribution is 2.39. The van der Waals surface area contributed by atoms with Crippen molar-refractivity contribution in [2.45, 2.75) is 4.90 Å². The van der Waals surface area contributed by atoms with Gasteiger partial charge in [-0.05, 0) is 35.2 Å². The van der Waals surface area contributed by atoms with Crippen molar-refractivity contribution in [3.63, 3.8) is 0 Å². The number of anilines is 2. The molecule has 0 N–H and O–H groups in total. The number of methoxy groups -OCH3 is 1. The van der Waals surface area contributed by atoms with Crippen molar-refractivity contribution in [1.29, 1.82) is 0 Å². The van der Waals surface area contributed by atoms with E-state index in [2.05, 4.69) is 19.9 Å². The average molecular weight is 470 g/mol. The molecular weight excluding hydrogens is 450 g/mol. The lowest BCUT2D eigenvalue weighted by Gasteiger charge is -2.25. The first-order valence-electron chi connectivity index (χ1n) is 10.3. The maximum absolute atomic E-state index is 14.1. The van der Waals surface area contributed by atoms with E-state index in [4.69, 9.17) is 4.74 Å². The van der Waals surface area contributed by atoms with Crippen LogP contribution in [-0.4, -0.2) is 35.5 Å². The average Bonchev–Trinajstić information content (AvgIpc) is 2.89. The van der Waals surface area contributed by atoms with Crippen LogP contribution in [0.3, 0.4) is 0 Å². The second-order valence-electron chi connectivity index (χ2n) is 7.34. The van der Waals surface area contributed by atoms with E-state index < -0.39 is 10.0 Å². The number of hydrogen-bond donors (Lipinski definition) is 0. The standard InChI is InChI=1S/C25H19N5O3S/c1-33-25-23(14-21(16-28-25)18-5-3-2-4-6-18)30(24-10-12-27-17-29-24)34(31,32)22-8-7-20-15-26-11-9-19(20)13-22/h2-17H,1H3. The molecule has 0 aliphatic rings. The molecule has 0 atom stereocenters. The Balaban J connectivity index is 1.74. The number of nitrogens with zero attached hydrogens (tertiary/aromatic N) is 5. The Morgan fingerprint density at radius 3 is 2.38 bits per heavy atom. The van der Waals surface area contributed by atoms with Crippen LogP contribution >= 0.6 is 0 Å². The Hall–Kier alpha value is -4.37. The third kappa shape index (κ3) is 3.93. The fourth-order valence-electron chi connectivity index (χ4n) is 3.64.